The van der Waals surface area contributed by atoms with E-state index in [1.165, 1.54) is 25.0 Å². The van der Waals surface area contributed by atoms with Gasteiger partial charge in [-0.2, -0.15) is 5.26 Å². The van der Waals surface area contributed by atoms with Gasteiger partial charge in [-0.05, 0) is 57.0 Å². The van der Waals surface area contributed by atoms with Crippen LogP contribution >= 0.6 is 0 Å². The van der Waals surface area contributed by atoms with Crippen molar-refractivity contribution in [1.82, 2.24) is 5.32 Å². The van der Waals surface area contributed by atoms with E-state index in [-0.39, 0.29) is 11.9 Å². The molecule has 3 nitrogen and oxygen atoms in total. The molecule has 1 fully saturated rings. The molecule has 2 N–H and O–H groups in total. The number of nitrogens with zero attached hydrogens (tertiary/aromatic N) is 1. The average molecular weight is 247 g/mol. The minimum atomic E-state index is -0.371. The van der Waals surface area contributed by atoms with Gasteiger partial charge >= 0.3 is 0 Å². The van der Waals surface area contributed by atoms with E-state index in [2.05, 4.69) is 17.6 Å². The summed E-state index contributed by atoms with van der Waals surface area (Å²) >= 11 is 0. The Hall–Kier alpha value is -1.60. The summed E-state index contributed by atoms with van der Waals surface area (Å²) in [6.07, 6.45) is 2.37. The molecule has 1 aliphatic rings. The lowest BCUT2D eigenvalue weighted by Gasteiger charge is -2.29. The van der Waals surface area contributed by atoms with Gasteiger partial charge in [0.05, 0.1) is 11.3 Å². The fourth-order valence-electron chi connectivity index (χ4n) is 2.40. The van der Waals surface area contributed by atoms with E-state index in [0.29, 0.717) is 11.5 Å². The summed E-state index contributed by atoms with van der Waals surface area (Å²) in [6, 6.07) is 6.60. The van der Waals surface area contributed by atoms with Crippen molar-refractivity contribution in [2.45, 2.75) is 25.8 Å². The molecule has 18 heavy (non-hydrogen) atoms. The third-order valence-corrected chi connectivity index (χ3v) is 3.53. The van der Waals surface area contributed by atoms with Crippen LogP contribution in [-0.2, 0) is 0 Å². The second-order valence-electron chi connectivity index (χ2n) is 4.84. The lowest BCUT2D eigenvalue weighted by atomic mass is 9.92. The van der Waals surface area contributed by atoms with Crippen molar-refractivity contribution in [1.29, 1.82) is 5.26 Å². The zero-order valence-electron chi connectivity index (χ0n) is 10.5. The second kappa shape index (κ2) is 5.83. The summed E-state index contributed by atoms with van der Waals surface area (Å²) in [4.78, 5) is 0. The van der Waals surface area contributed by atoms with Crippen LogP contribution in [0.15, 0.2) is 18.2 Å². The number of nitrogens with one attached hydrogen (secondary N) is 2. The molecular formula is C14H18FN3. The average Bonchev–Trinajstić information content (AvgIpc) is 2.41. The van der Waals surface area contributed by atoms with Gasteiger partial charge in [-0.15, -0.1) is 0 Å². The molecule has 0 aromatic heterocycles. The van der Waals surface area contributed by atoms with E-state index >= 15 is 0 Å². The standard InChI is InChI=1S/C14H18FN3/c1-10(11-3-2-6-17-9-11)18-14-5-4-13(15)7-12(14)8-16/h4-5,7,10-11,17-18H,2-3,6,9H2,1H3. The van der Waals surface area contributed by atoms with Gasteiger partial charge in [-0.25, -0.2) is 4.39 Å². The summed E-state index contributed by atoms with van der Waals surface area (Å²) in [5, 5.41) is 15.7. The largest absolute Gasteiger partial charge is 0.381 e. The second-order valence-corrected chi connectivity index (χ2v) is 4.84. The van der Waals surface area contributed by atoms with Crippen LogP contribution in [0.3, 0.4) is 0 Å². The van der Waals surface area contributed by atoms with Crippen molar-refractivity contribution in [3.05, 3.63) is 29.6 Å². The predicted octanol–water partition coefficient (Wildman–Crippen LogP) is 2.50. The molecule has 4 heteroatoms. The van der Waals surface area contributed by atoms with E-state index in [1.54, 1.807) is 6.07 Å². The van der Waals surface area contributed by atoms with Crippen LogP contribution in [0.1, 0.15) is 25.3 Å². The molecule has 1 saturated heterocycles. The number of hydrogen-bond donors (Lipinski definition) is 2. The summed E-state index contributed by atoms with van der Waals surface area (Å²) in [6.45, 7) is 4.20. The van der Waals surface area contributed by atoms with Gasteiger partial charge in [-0.3, -0.25) is 0 Å². The maximum absolute atomic E-state index is 13.0. The molecule has 0 radical (unpaired) electrons. The van der Waals surface area contributed by atoms with E-state index in [0.717, 1.165) is 18.8 Å². The van der Waals surface area contributed by atoms with Crippen LogP contribution in [0.2, 0.25) is 0 Å². The Bertz CT molecular complexity index is 447. The van der Waals surface area contributed by atoms with Crippen molar-refractivity contribution in [3.63, 3.8) is 0 Å². The predicted molar refractivity (Wildman–Crippen MR) is 69.8 cm³/mol. The fraction of sp³-hybridized carbons (Fsp3) is 0.500. The van der Waals surface area contributed by atoms with E-state index < -0.39 is 0 Å². The molecule has 0 bridgehead atoms. The highest BCUT2D eigenvalue weighted by Crippen LogP contribution is 2.21. The highest BCUT2D eigenvalue weighted by atomic mass is 19.1. The summed E-state index contributed by atoms with van der Waals surface area (Å²) < 4.78 is 13.0. The van der Waals surface area contributed by atoms with Gasteiger partial charge < -0.3 is 10.6 Å². The molecule has 0 spiro atoms. The minimum absolute atomic E-state index is 0.273. The Morgan fingerprint density at radius 1 is 1.56 bits per heavy atom. The number of rotatable bonds is 3. The molecule has 1 heterocycles. The smallest absolute Gasteiger partial charge is 0.124 e. The lowest BCUT2D eigenvalue weighted by molar-refractivity contribution is 0.347. The van der Waals surface area contributed by atoms with Crippen LogP contribution < -0.4 is 10.6 Å². The van der Waals surface area contributed by atoms with Gasteiger partial charge in [0.2, 0.25) is 0 Å². The van der Waals surface area contributed by atoms with Crippen molar-refractivity contribution < 1.29 is 4.39 Å². The molecule has 0 saturated carbocycles. The first-order chi connectivity index (χ1) is 8.70. The van der Waals surface area contributed by atoms with Crippen LogP contribution in [0.4, 0.5) is 10.1 Å². The molecule has 1 aliphatic heterocycles. The van der Waals surface area contributed by atoms with Crippen LogP contribution in [0.25, 0.3) is 0 Å². The number of anilines is 1. The Kier molecular flexibility index (Phi) is 4.16. The highest BCUT2D eigenvalue weighted by Gasteiger charge is 2.20. The zero-order chi connectivity index (χ0) is 13.0. The Morgan fingerprint density at radius 2 is 2.39 bits per heavy atom. The minimum Gasteiger partial charge on any atom is -0.381 e. The Balaban J connectivity index is 2.06. The number of nitriles is 1. The number of hydrogen-bond acceptors (Lipinski definition) is 3. The Morgan fingerprint density at radius 3 is 3.06 bits per heavy atom. The van der Waals surface area contributed by atoms with Gasteiger partial charge in [0.1, 0.15) is 11.9 Å². The number of halogens is 1. The number of piperidine rings is 1. The highest BCUT2D eigenvalue weighted by molar-refractivity contribution is 5.57. The molecule has 1 aromatic carbocycles. The number of benzene rings is 1. The Labute approximate surface area is 107 Å². The van der Waals surface area contributed by atoms with E-state index in [4.69, 9.17) is 5.26 Å². The van der Waals surface area contributed by atoms with E-state index in [1.807, 2.05) is 6.07 Å². The first-order valence-electron chi connectivity index (χ1n) is 6.37. The summed E-state index contributed by atoms with van der Waals surface area (Å²) in [7, 11) is 0. The molecule has 96 valence electrons. The molecule has 2 rings (SSSR count). The zero-order valence-corrected chi connectivity index (χ0v) is 10.5. The van der Waals surface area contributed by atoms with Crippen LogP contribution in [0, 0.1) is 23.1 Å². The van der Waals surface area contributed by atoms with Gasteiger partial charge in [0, 0.05) is 6.04 Å². The van der Waals surface area contributed by atoms with Crippen LogP contribution in [0.5, 0.6) is 0 Å². The molecular weight excluding hydrogens is 229 g/mol. The maximum atomic E-state index is 13.0. The maximum Gasteiger partial charge on any atom is 0.124 e. The monoisotopic (exact) mass is 247 g/mol. The quantitative estimate of drug-likeness (QED) is 0.862. The summed E-state index contributed by atoms with van der Waals surface area (Å²) in [5.41, 5.74) is 1.09. The van der Waals surface area contributed by atoms with Crippen molar-refractivity contribution in [3.8, 4) is 6.07 Å². The topological polar surface area (TPSA) is 47.9 Å². The molecule has 2 atom stereocenters. The molecule has 2 unspecified atom stereocenters. The summed E-state index contributed by atoms with van der Waals surface area (Å²) in [5.74, 6) is 0.180. The van der Waals surface area contributed by atoms with Gasteiger partial charge in [0.25, 0.3) is 0 Å². The lowest BCUT2D eigenvalue weighted by Crippen LogP contribution is -2.38. The first kappa shape index (κ1) is 12.8. The molecule has 1 aromatic rings. The molecule has 0 aliphatic carbocycles. The van der Waals surface area contributed by atoms with Crippen molar-refractivity contribution in [2.75, 3.05) is 18.4 Å². The first-order valence-corrected chi connectivity index (χ1v) is 6.37. The van der Waals surface area contributed by atoms with Crippen molar-refractivity contribution in [2.24, 2.45) is 5.92 Å². The third kappa shape index (κ3) is 2.99. The van der Waals surface area contributed by atoms with Crippen LogP contribution in [-0.4, -0.2) is 19.1 Å². The SMILES string of the molecule is CC(Nc1ccc(F)cc1C#N)C1CCCNC1. The third-order valence-electron chi connectivity index (χ3n) is 3.53. The van der Waals surface area contributed by atoms with E-state index in [9.17, 15) is 4.39 Å². The van der Waals surface area contributed by atoms with Gasteiger partial charge in [-0.1, -0.05) is 0 Å². The van der Waals surface area contributed by atoms with Gasteiger partial charge in [0.15, 0.2) is 0 Å². The fourth-order valence-corrected chi connectivity index (χ4v) is 2.40. The van der Waals surface area contributed by atoms with Crippen molar-refractivity contribution >= 4 is 5.69 Å². The normalized spacial score (nSPS) is 21.1. The molecule has 0 amide bonds.